The number of rotatable bonds is 3. The maximum Gasteiger partial charge on any atom is 0.573 e. The van der Waals surface area contributed by atoms with Crippen LogP contribution in [0.3, 0.4) is 0 Å². The van der Waals surface area contributed by atoms with Crippen LogP contribution in [0.15, 0.2) is 29.3 Å². The first-order valence-corrected chi connectivity index (χ1v) is 7.66. The summed E-state index contributed by atoms with van der Waals surface area (Å²) >= 11 is 1.51. The Morgan fingerprint density at radius 2 is 2.05 bits per heavy atom. The fraction of sp³-hybridized carbons (Fsp3) is 0.500. The largest absolute Gasteiger partial charge is 0.573 e. The van der Waals surface area contributed by atoms with E-state index in [2.05, 4.69) is 28.9 Å². The number of benzene rings is 1. The monoisotopic (exact) mass is 318 g/mol. The maximum atomic E-state index is 12.4. The molecule has 2 rings (SSSR count). The van der Waals surface area contributed by atoms with Crippen LogP contribution < -0.4 is 10.1 Å². The molecule has 1 heterocycles. The lowest BCUT2D eigenvalue weighted by molar-refractivity contribution is -0.274. The summed E-state index contributed by atoms with van der Waals surface area (Å²) in [5.74, 6) is 1.06. The minimum absolute atomic E-state index is 0.199. The van der Waals surface area contributed by atoms with Gasteiger partial charge in [-0.3, -0.25) is 4.99 Å². The van der Waals surface area contributed by atoms with Crippen molar-refractivity contribution < 1.29 is 17.9 Å². The first kappa shape index (κ1) is 16.0. The van der Waals surface area contributed by atoms with Crippen LogP contribution in [0.2, 0.25) is 0 Å². The van der Waals surface area contributed by atoms with Crippen molar-refractivity contribution in [3.8, 4) is 5.75 Å². The number of ether oxygens (including phenoxy) is 1. The lowest BCUT2D eigenvalue weighted by Gasteiger charge is -2.24. The van der Waals surface area contributed by atoms with E-state index < -0.39 is 6.36 Å². The molecule has 7 heteroatoms. The molecule has 0 aromatic heterocycles. The lowest BCUT2D eigenvalue weighted by atomic mass is 10.0. The normalized spacial score (nSPS) is 19.3. The zero-order valence-corrected chi connectivity index (χ0v) is 12.6. The zero-order valence-electron chi connectivity index (χ0n) is 11.8. The van der Waals surface area contributed by atoms with E-state index in [1.807, 2.05) is 0 Å². The first-order chi connectivity index (χ1) is 9.85. The predicted octanol–water partition coefficient (Wildman–Crippen LogP) is 4.51. The Morgan fingerprint density at radius 3 is 2.71 bits per heavy atom. The summed E-state index contributed by atoms with van der Waals surface area (Å²) in [7, 11) is 0. The molecule has 21 heavy (non-hydrogen) atoms. The van der Waals surface area contributed by atoms with Gasteiger partial charge in [-0.05, 0) is 24.5 Å². The van der Waals surface area contributed by atoms with E-state index in [-0.39, 0.29) is 17.5 Å². The molecule has 1 aliphatic rings. The molecule has 1 aromatic rings. The van der Waals surface area contributed by atoms with Crippen LogP contribution in [0.5, 0.6) is 5.75 Å². The minimum Gasteiger partial charge on any atom is -0.404 e. The SMILES string of the molecule is CC(C)C1CCSC(Nc2ccccc2OC(F)(F)F)=N1. The molecule has 3 nitrogen and oxygen atoms in total. The molecule has 0 bridgehead atoms. The van der Waals surface area contributed by atoms with Crippen LogP contribution in [-0.4, -0.2) is 23.3 Å². The van der Waals surface area contributed by atoms with Crippen molar-refractivity contribution in [1.82, 2.24) is 0 Å². The molecule has 0 fully saturated rings. The molecular formula is C14H17F3N2OS. The van der Waals surface area contributed by atoms with Crippen molar-refractivity contribution in [3.63, 3.8) is 0 Å². The summed E-state index contributed by atoms with van der Waals surface area (Å²) in [6, 6.07) is 6.18. The van der Waals surface area contributed by atoms with Gasteiger partial charge < -0.3 is 10.1 Å². The summed E-state index contributed by atoms with van der Waals surface area (Å²) in [5, 5.41) is 3.58. The van der Waals surface area contributed by atoms with Crippen molar-refractivity contribution in [2.24, 2.45) is 10.9 Å². The van der Waals surface area contributed by atoms with Crippen LogP contribution >= 0.6 is 11.8 Å². The predicted molar refractivity (Wildman–Crippen MR) is 79.9 cm³/mol. The highest BCUT2D eigenvalue weighted by atomic mass is 32.2. The van der Waals surface area contributed by atoms with Gasteiger partial charge in [0.1, 0.15) is 0 Å². The Labute approximate surface area is 126 Å². The number of para-hydroxylation sites is 2. The van der Waals surface area contributed by atoms with E-state index in [0.29, 0.717) is 11.1 Å². The van der Waals surface area contributed by atoms with Crippen LogP contribution in [0.25, 0.3) is 0 Å². The van der Waals surface area contributed by atoms with Crippen LogP contribution in [0.4, 0.5) is 18.9 Å². The Morgan fingerprint density at radius 1 is 1.33 bits per heavy atom. The second-order valence-electron chi connectivity index (χ2n) is 5.05. The number of hydrogen-bond donors (Lipinski definition) is 1. The van der Waals surface area contributed by atoms with Gasteiger partial charge in [0, 0.05) is 5.75 Å². The second-order valence-corrected chi connectivity index (χ2v) is 6.14. The fourth-order valence-electron chi connectivity index (χ4n) is 1.98. The van der Waals surface area contributed by atoms with Crippen molar-refractivity contribution in [2.45, 2.75) is 32.7 Å². The summed E-state index contributed by atoms with van der Waals surface area (Å²) in [5.41, 5.74) is 0.269. The number of thioether (sulfide) groups is 1. The minimum atomic E-state index is -4.71. The third-order valence-electron chi connectivity index (χ3n) is 3.06. The molecule has 1 aromatic carbocycles. The molecule has 1 unspecified atom stereocenters. The summed E-state index contributed by atoms with van der Waals surface area (Å²) in [6.45, 7) is 4.17. The summed E-state index contributed by atoms with van der Waals surface area (Å²) in [6.07, 6.45) is -3.73. The van der Waals surface area contributed by atoms with E-state index in [1.165, 1.54) is 23.9 Å². The Hall–Kier alpha value is -1.37. The highest BCUT2D eigenvalue weighted by molar-refractivity contribution is 8.14. The topological polar surface area (TPSA) is 33.6 Å². The number of aliphatic imine (C=N–C) groups is 1. The van der Waals surface area contributed by atoms with Gasteiger partial charge in [-0.1, -0.05) is 37.7 Å². The second kappa shape index (κ2) is 6.60. The number of alkyl halides is 3. The van der Waals surface area contributed by atoms with E-state index in [0.717, 1.165) is 12.2 Å². The molecular weight excluding hydrogens is 301 g/mol. The highest BCUT2D eigenvalue weighted by Gasteiger charge is 2.32. The average molecular weight is 318 g/mol. The third-order valence-corrected chi connectivity index (χ3v) is 3.98. The average Bonchev–Trinajstić information content (AvgIpc) is 2.40. The van der Waals surface area contributed by atoms with Gasteiger partial charge in [0.15, 0.2) is 10.9 Å². The highest BCUT2D eigenvalue weighted by Crippen LogP contribution is 2.31. The van der Waals surface area contributed by atoms with Crippen molar-refractivity contribution in [3.05, 3.63) is 24.3 Å². The molecule has 0 spiro atoms. The smallest absolute Gasteiger partial charge is 0.404 e. The van der Waals surface area contributed by atoms with E-state index >= 15 is 0 Å². The number of halogens is 3. The molecule has 0 amide bonds. The van der Waals surface area contributed by atoms with E-state index in [9.17, 15) is 13.2 Å². The molecule has 116 valence electrons. The van der Waals surface area contributed by atoms with Crippen LogP contribution in [-0.2, 0) is 0 Å². The van der Waals surface area contributed by atoms with E-state index in [4.69, 9.17) is 0 Å². The van der Waals surface area contributed by atoms with Crippen molar-refractivity contribution in [1.29, 1.82) is 0 Å². The lowest BCUT2D eigenvalue weighted by Crippen LogP contribution is -2.24. The fourth-order valence-corrected chi connectivity index (χ4v) is 2.92. The van der Waals surface area contributed by atoms with Crippen LogP contribution in [0, 0.1) is 5.92 Å². The van der Waals surface area contributed by atoms with Crippen molar-refractivity contribution in [2.75, 3.05) is 11.1 Å². The van der Waals surface area contributed by atoms with Gasteiger partial charge in [0.2, 0.25) is 0 Å². The Balaban J connectivity index is 2.16. The van der Waals surface area contributed by atoms with Crippen molar-refractivity contribution >= 4 is 22.6 Å². The number of nitrogens with one attached hydrogen (secondary N) is 1. The molecule has 0 aliphatic carbocycles. The van der Waals surface area contributed by atoms with Gasteiger partial charge in [-0.2, -0.15) is 0 Å². The molecule has 1 atom stereocenters. The molecule has 1 aliphatic heterocycles. The molecule has 0 saturated carbocycles. The van der Waals surface area contributed by atoms with Gasteiger partial charge in [-0.25, -0.2) is 0 Å². The number of hydrogen-bond acceptors (Lipinski definition) is 4. The molecule has 0 saturated heterocycles. The van der Waals surface area contributed by atoms with Gasteiger partial charge in [0.25, 0.3) is 0 Å². The Kier molecular flexibility index (Phi) is 5.03. The van der Waals surface area contributed by atoms with Gasteiger partial charge in [-0.15, -0.1) is 13.2 Å². The Bertz CT molecular complexity index is 517. The summed E-state index contributed by atoms with van der Waals surface area (Å²) in [4.78, 5) is 4.55. The van der Waals surface area contributed by atoms with Crippen LogP contribution in [0.1, 0.15) is 20.3 Å². The number of anilines is 1. The van der Waals surface area contributed by atoms with E-state index in [1.54, 1.807) is 12.1 Å². The first-order valence-electron chi connectivity index (χ1n) is 6.67. The molecule has 1 N–H and O–H groups in total. The zero-order chi connectivity index (χ0) is 15.5. The van der Waals surface area contributed by atoms with Gasteiger partial charge in [0.05, 0.1) is 11.7 Å². The quantitative estimate of drug-likeness (QED) is 0.890. The summed E-state index contributed by atoms with van der Waals surface area (Å²) < 4.78 is 41.2. The number of amidine groups is 1. The third kappa shape index (κ3) is 4.84. The van der Waals surface area contributed by atoms with Gasteiger partial charge >= 0.3 is 6.36 Å². The maximum absolute atomic E-state index is 12.4. The number of nitrogens with zero attached hydrogens (tertiary/aromatic N) is 1. The standard InChI is InChI=1S/C14H17F3N2OS/c1-9(2)10-7-8-21-13(18-10)19-11-5-3-4-6-12(11)20-14(15,16)17/h3-6,9-10H,7-8H2,1-2H3,(H,18,19). The molecule has 0 radical (unpaired) electrons.